The van der Waals surface area contributed by atoms with Gasteiger partial charge in [-0.15, -0.1) is 0 Å². The van der Waals surface area contributed by atoms with Gasteiger partial charge in [0.1, 0.15) is 6.54 Å². The smallest absolute Gasteiger partial charge is 0.269 e. The van der Waals surface area contributed by atoms with E-state index in [1.54, 1.807) is 12.1 Å². The van der Waals surface area contributed by atoms with Crippen LogP contribution >= 0.6 is 0 Å². The average molecular weight is 237 g/mol. The van der Waals surface area contributed by atoms with E-state index in [4.69, 9.17) is 0 Å². The van der Waals surface area contributed by atoms with Gasteiger partial charge < -0.3 is 5.32 Å². The predicted molar refractivity (Wildman–Crippen MR) is 67.7 cm³/mol. The molecule has 0 amide bonds. The van der Waals surface area contributed by atoms with E-state index in [0.717, 1.165) is 18.7 Å². The van der Waals surface area contributed by atoms with Crippen LogP contribution in [0.3, 0.4) is 0 Å². The number of rotatable bonds is 8. The number of hydrogen-bond donors (Lipinski definition) is 1. The third-order valence-electron chi connectivity index (χ3n) is 2.76. The van der Waals surface area contributed by atoms with Crippen LogP contribution in [-0.4, -0.2) is 11.5 Å². The van der Waals surface area contributed by atoms with Crippen molar-refractivity contribution in [3.8, 4) is 0 Å². The maximum absolute atomic E-state index is 10.6. The summed E-state index contributed by atoms with van der Waals surface area (Å²) >= 11 is 0. The minimum absolute atomic E-state index is 0.182. The topological polar surface area (TPSA) is 59.8 Å². The summed E-state index contributed by atoms with van der Waals surface area (Å²) in [6, 6.07) is 6.88. The molecule has 4 nitrogen and oxygen atoms in total. The zero-order valence-corrected chi connectivity index (χ0v) is 10.4. The summed E-state index contributed by atoms with van der Waals surface area (Å²) in [5.41, 5.74) is 1.21. The Morgan fingerprint density at radius 2 is 2.12 bits per heavy atom. The Morgan fingerprint density at radius 3 is 2.82 bits per heavy atom. The second-order valence-electron chi connectivity index (χ2n) is 4.27. The molecule has 0 atom stereocenters. The Hall–Kier alpha value is -1.42. The highest BCUT2D eigenvalue weighted by Crippen LogP contribution is 2.11. The largest absolute Gasteiger partial charge is 0.342 e. The van der Waals surface area contributed by atoms with Crippen molar-refractivity contribution in [3.63, 3.8) is 0 Å². The Morgan fingerprint density at radius 1 is 1.29 bits per heavy atom. The van der Waals surface area contributed by atoms with Crippen LogP contribution in [0, 0.1) is 10.1 Å². The normalized spacial score (nSPS) is 10.4. The third-order valence-corrected chi connectivity index (χ3v) is 2.76. The number of nitro benzene ring substituents is 1. The zero-order valence-electron chi connectivity index (χ0n) is 10.4. The number of nitro groups is 1. The van der Waals surface area contributed by atoms with Crippen LogP contribution in [0.1, 0.15) is 38.2 Å². The maximum Gasteiger partial charge on any atom is 0.269 e. The van der Waals surface area contributed by atoms with Gasteiger partial charge >= 0.3 is 0 Å². The summed E-state index contributed by atoms with van der Waals surface area (Å²) < 4.78 is 0. The molecule has 0 aliphatic rings. The van der Waals surface area contributed by atoms with Gasteiger partial charge in [0.15, 0.2) is 0 Å². The molecule has 0 spiro atoms. The molecule has 0 unspecified atom stereocenters. The number of quaternary nitrogens is 1. The monoisotopic (exact) mass is 237 g/mol. The molecule has 1 rings (SSSR count). The average Bonchev–Trinajstić information content (AvgIpc) is 2.34. The second kappa shape index (κ2) is 7.79. The van der Waals surface area contributed by atoms with Crippen LogP contribution in [0.4, 0.5) is 5.69 Å². The summed E-state index contributed by atoms with van der Waals surface area (Å²) in [4.78, 5) is 10.3. The standard InChI is InChI=1S/C13H20N2O2/c1-2-3-4-5-9-14-11-12-7-6-8-13(10-12)15(16)17/h6-8,10,14H,2-5,9,11H2,1H3/p+1. The fraction of sp³-hybridized carbons (Fsp3) is 0.538. The van der Waals surface area contributed by atoms with Gasteiger partial charge in [0.05, 0.1) is 11.5 Å². The van der Waals surface area contributed by atoms with Crippen molar-refractivity contribution in [1.82, 2.24) is 0 Å². The van der Waals surface area contributed by atoms with Crippen LogP contribution in [-0.2, 0) is 6.54 Å². The SMILES string of the molecule is CCCCCC[NH2+]Cc1cccc([N+](=O)[O-])c1. The maximum atomic E-state index is 10.6. The van der Waals surface area contributed by atoms with Gasteiger partial charge in [-0.25, -0.2) is 0 Å². The molecule has 0 aromatic heterocycles. The third kappa shape index (κ3) is 5.45. The van der Waals surface area contributed by atoms with Gasteiger partial charge in [0, 0.05) is 17.7 Å². The van der Waals surface area contributed by atoms with Crippen molar-refractivity contribution < 1.29 is 10.2 Å². The lowest BCUT2D eigenvalue weighted by Gasteiger charge is -2.02. The number of nitrogens with two attached hydrogens (primary N) is 1. The summed E-state index contributed by atoms with van der Waals surface area (Å²) in [6.45, 7) is 4.13. The molecule has 0 heterocycles. The highest BCUT2D eigenvalue weighted by atomic mass is 16.6. The van der Waals surface area contributed by atoms with Crippen LogP contribution in [0.15, 0.2) is 24.3 Å². The molecule has 0 saturated heterocycles. The molecule has 17 heavy (non-hydrogen) atoms. The molecule has 94 valence electrons. The van der Waals surface area contributed by atoms with Crippen molar-refractivity contribution >= 4 is 5.69 Å². The van der Waals surface area contributed by atoms with E-state index in [0.29, 0.717) is 0 Å². The molecule has 1 aromatic rings. The second-order valence-corrected chi connectivity index (χ2v) is 4.27. The summed E-state index contributed by atoms with van der Waals surface area (Å²) in [5, 5.41) is 12.8. The first-order chi connectivity index (χ1) is 8.24. The Kier molecular flexibility index (Phi) is 6.25. The molecule has 0 aliphatic carbocycles. The van der Waals surface area contributed by atoms with Crippen LogP contribution in [0.2, 0.25) is 0 Å². The van der Waals surface area contributed by atoms with E-state index in [1.807, 2.05) is 6.07 Å². The summed E-state index contributed by atoms with van der Waals surface area (Å²) in [7, 11) is 0. The summed E-state index contributed by atoms with van der Waals surface area (Å²) in [5.74, 6) is 0. The molecular weight excluding hydrogens is 216 g/mol. The Bertz CT molecular complexity index is 353. The van der Waals surface area contributed by atoms with E-state index < -0.39 is 0 Å². The van der Waals surface area contributed by atoms with Crippen molar-refractivity contribution in [2.75, 3.05) is 6.54 Å². The molecular formula is C13H21N2O2+. The van der Waals surface area contributed by atoms with Gasteiger partial charge in [-0.05, 0) is 12.8 Å². The van der Waals surface area contributed by atoms with E-state index in [9.17, 15) is 10.1 Å². The number of non-ortho nitro benzene ring substituents is 1. The van der Waals surface area contributed by atoms with Crippen molar-refractivity contribution in [2.45, 2.75) is 39.2 Å². The van der Waals surface area contributed by atoms with E-state index in [2.05, 4.69) is 12.2 Å². The number of benzene rings is 1. The fourth-order valence-corrected chi connectivity index (χ4v) is 1.78. The first kappa shape index (κ1) is 13.6. The fourth-order valence-electron chi connectivity index (χ4n) is 1.78. The molecule has 0 saturated carbocycles. The van der Waals surface area contributed by atoms with E-state index >= 15 is 0 Å². The highest BCUT2D eigenvalue weighted by Gasteiger charge is 2.05. The lowest BCUT2D eigenvalue weighted by atomic mass is 10.2. The number of nitrogens with zero attached hydrogens (tertiary/aromatic N) is 1. The van der Waals surface area contributed by atoms with E-state index in [-0.39, 0.29) is 10.6 Å². The van der Waals surface area contributed by atoms with Crippen LogP contribution < -0.4 is 5.32 Å². The molecule has 0 fully saturated rings. The summed E-state index contributed by atoms with van der Waals surface area (Å²) in [6.07, 6.45) is 5.06. The quantitative estimate of drug-likeness (QED) is 0.428. The van der Waals surface area contributed by atoms with Gasteiger partial charge in [-0.2, -0.15) is 0 Å². The predicted octanol–water partition coefficient (Wildman–Crippen LogP) is 2.24. The minimum Gasteiger partial charge on any atom is -0.342 e. The van der Waals surface area contributed by atoms with Crippen molar-refractivity contribution in [2.24, 2.45) is 0 Å². The zero-order chi connectivity index (χ0) is 12.5. The van der Waals surface area contributed by atoms with Gasteiger partial charge in [0.25, 0.3) is 5.69 Å². The minimum atomic E-state index is -0.343. The van der Waals surface area contributed by atoms with Crippen molar-refractivity contribution in [3.05, 3.63) is 39.9 Å². The lowest BCUT2D eigenvalue weighted by molar-refractivity contribution is -0.671. The Balaban J connectivity index is 2.27. The lowest BCUT2D eigenvalue weighted by Crippen LogP contribution is -2.82. The molecule has 2 N–H and O–H groups in total. The molecule has 0 bridgehead atoms. The van der Waals surface area contributed by atoms with Gasteiger partial charge in [-0.1, -0.05) is 31.9 Å². The molecule has 0 aliphatic heterocycles. The molecule has 4 heteroatoms. The number of hydrogen-bond acceptors (Lipinski definition) is 2. The van der Waals surface area contributed by atoms with Gasteiger partial charge in [0.2, 0.25) is 0 Å². The van der Waals surface area contributed by atoms with Gasteiger partial charge in [-0.3, -0.25) is 10.1 Å². The molecule has 1 aromatic carbocycles. The number of unbranched alkanes of at least 4 members (excludes halogenated alkanes) is 3. The first-order valence-corrected chi connectivity index (χ1v) is 6.29. The molecule has 0 radical (unpaired) electrons. The van der Waals surface area contributed by atoms with Crippen molar-refractivity contribution in [1.29, 1.82) is 0 Å². The highest BCUT2D eigenvalue weighted by molar-refractivity contribution is 5.33. The Labute approximate surface area is 102 Å². The van der Waals surface area contributed by atoms with E-state index in [1.165, 1.54) is 31.7 Å². The first-order valence-electron chi connectivity index (χ1n) is 6.29. The van der Waals surface area contributed by atoms with Crippen LogP contribution in [0.5, 0.6) is 0 Å². The van der Waals surface area contributed by atoms with Crippen LogP contribution in [0.25, 0.3) is 0 Å².